The van der Waals surface area contributed by atoms with Crippen LogP contribution in [0, 0.1) is 6.92 Å². The number of aromatic nitrogens is 3. The van der Waals surface area contributed by atoms with Crippen LogP contribution in [0.15, 0.2) is 91.6 Å². The van der Waals surface area contributed by atoms with E-state index in [0.29, 0.717) is 22.0 Å². The lowest BCUT2D eigenvalue weighted by Crippen LogP contribution is -2.20. The van der Waals surface area contributed by atoms with Crippen LogP contribution in [0.1, 0.15) is 37.5 Å². The number of H-pyrrole nitrogens is 1. The summed E-state index contributed by atoms with van der Waals surface area (Å²) in [6.45, 7) is 1.71. The van der Waals surface area contributed by atoms with Gasteiger partial charge in [-0.05, 0) is 25.1 Å². The zero-order chi connectivity index (χ0) is 25.7. The normalized spacial score (nSPS) is 12.7. The Morgan fingerprint density at radius 2 is 1.57 bits per heavy atom. The molecule has 10 heteroatoms. The molecule has 0 amide bonds. The molecule has 2 heterocycles. The van der Waals surface area contributed by atoms with Gasteiger partial charge >= 0.3 is 5.56 Å². The molecule has 6 rings (SSSR count). The summed E-state index contributed by atoms with van der Waals surface area (Å²) in [4.78, 5) is 44.0. The smallest absolute Gasteiger partial charge is 0.291 e. The van der Waals surface area contributed by atoms with Crippen molar-refractivity contribution in [3.8, 4) is 16.4 Å². The van der Waals surface area contributed by atoms with Crippen molar-refractivity contribution in [1.82, 2.24) is 14.8 Å². The number of carbonyl (C=O) groups excluding carboxylic acids is 2. The Kier molecular flexibility index (Phi) is 5.62. The number of hydrogen-bond acceptors (Lipinski definition) is 7. The third kappa shape index (κ3) is 3.90. The molecule has 0 saturated carbocycles. The van der Waals surface area contributed by atoms with Crippen LogP contribution in [0.3, 0.4) is 0 Å². The zero-order valence-electron chi connectivity index (χ0n) is 19.2. The number of benzene rings is 3. The van der Waals surface area contributed by atoms with Crippen LogP contribution in [-0.4, -0.2) is 26.3 Å². The lowest BCUT2D eigenvalue weighted by molar-refractivity contribution is 0.0979. The average Bonchev–Trinajstić information content (AvgIpc) is 3.50. The Hall–Kier alpha value is -4.28. The Morgan fingerprint density at radius 3 is 2.32 bits per heavy atom. The molecule has 0 atom stereocenters. The predicted octanol–water partition coefficient (Wildman–Crippen LogP) is 6.55. The Morgan fingerprint density at radius 1 is 0.865 bits per heavy atom. The van der Waals surface area contributed by atoms with Crippen molar-refractivity contribution in [1.29, 1.82) is 0 Å². The third-order valence-corrected chi connectivity index (χ3v) is 7.41. The molecular weight excluding hydrogens is 554 g/mol. The number of nitrogens with zero attached hydrogens (tertiary/aromatic N) is 4. The molecule has 37 heavy (non-hydrogen) atoms. The van der Waals surface area contributed by atoms with Gasteiger partial charge in [0, 0.05) is 32.1 Å². The highest BCUT2D eigenvalue weighted by Gasteiger charge is 2.31. The highest BCUT2D eigenvalue weighted by atomic mass is 79.9. The summed E-state index contributed by atoms with van der Waals surface area (Å²) in [5.41, 5.74) is 3.20. The number of ketones is 2. The second kappa shape index (κ2) is 8.99. The van der Waals surface area contributed by atoms with E-state index >= 15 is 0 Å². The molecule has 8 nitrogen and oxygen atoms in total. The molecule has 2 aromatic heterocycles. The first kappa shape index (κ1) is 23.1. The van der Waals surface area contributed by atoms with Crippen molar-refractivity contribution in [3.63, 3.8) is 0 Å². The largest absolute Gasteiger partial charge is 0.301 e. The molecule has 0 saturated heterocycles. The second-order valence-corrected chi connectivity index (χ2v) is 10.1. The van der Waals surface area contributed by atoms with Gasteiger partial charge in [-0.1, -0.05) is 64.5 Å². The molecule has 5 aromatic rings. The number of azo groups is 1. The molecule has 180 valence electrons. The third-order valence-electron chi connectivity index (χ3n) is 6.05. The summed E-state index contributed by atoms with van der Waals surface area (Å²) >= 11 is 4.74. The topological polar surface area (TPSA) is 110 Å². The SMILES string of the molecule is Cc1[nH]n(-c2nc(-c3ccc(Br)cc3)cs2)c(=O)c1N=Nc1cccc2c1C(=O)c1ccccc1C2=O. The molecule has 0 bridgehead atoms. The number of thiazole rings is 1. The Balaban J connectivity index is 1.36. The fraction of sp³-hybridized carbons (Fsp3) is 0.0370. The van der Waals surface area contributed by atoms with E-state index in [9.17, 15) is 14.4 Å². The lowest BCUT2D eigenvalue weighted by atomic mass is 9.83. The van der Waals surface area contributed by atoms with E-state index in [4.69, 9.17) is 0 Å². The maximum absolute atomic E-state index is 13.2. The van der Waals surface area contributed by atoms with E-state index in [1.54, 1.807) is 49.4 Å². The quantitative estimate of drug-likeness (QED) is 0.242. The minimum absolute atomic E-state index is 0.0907. The van der Waals surface area contributed by atoms with E-state index in [-0.39, 0.29) is 34.1 Å². The van der Waals surface area contributed by atoms with E-state index < -0.39 is 5.56 Å². The van der Waals surface area contributed by atoms with Crippen molar-refractivity contribution < 1.29 is 9.59 Å². The van der Waals surface area contributed by atoms with Gasteiger partial charge in [-0.2, -0.15) is 4.68 Å². The van der Waals surface area contributed by atoms with Gasteiger partial charge in [0.2, 0.25) is 5.13 Å². The fourth-order valence-electron chi connectivity index (χ4n) is 4.22. The highest BCUT2D eigenvalue weighted by Crippen LogP contribution is 2.34. The number of fused-ring (bicyclic) bond motifs is 2. The fourth-order valence-corrected chi connectivity index (χ4v) is 5.28. The van der Waals surface area contributed by atoms with E-state index in [1.165, 1.54) is 16.0 Å². The molecule has 0 fully saturated rings. The summed E-state index contributed by atoms with van der Waals surface area (Å²) < 4.78 is 2.29. The molecule has 0 spiro atoms. The van der Waals surface area contributed by atoms with Crippen molar-refractivity contribution in [2.75, 3.05) is 0 Å². The average molecular weight is 570 g/mol. The molecule has 0 aliphatic heterocycles. The number of nitrogens with one attached hydrogen (secondary N) is 1. The summed E-state index contributed by atoms with van der Waals surface area (Å²) in [7, 11) is 0. The van der Waals surface area contributed by atoms with Crippen LogP contribution in [-0.2, 0) is 0 Å². The molecule has 1 aliphatic carbocycles. The molecular formula is C27H16BrN5O3S. The molecule has 0 radical (unpaired) electrons. The number of halogens is 1. The summed E-state index contributed by atoms with van der Waals surface area (Å²) in [5, 5.41) is 13.8. The van der Waals surface area contributed by atoms with Gasteiger partial charge in [0.1, 0.15) is 0 Å². The number of aromatic amines is 1. The number of carbonyl (C=O) groups is 2. The second-order valence-electron chi connectivity index (χ2n) is 8.35. The van der Waals surface area contributed by atoms with Gasteiger partial charge in [0.15, 0.2) is 17.3 Å². The van der Waals surface area contributed by atoms with Crippen molar-refractivity contribution >= 4 is 50.2 Å². The first-order valence-corrected chi connectivity index (χ1v) is 12.9. The standard InChI is InChI=1S/C27H16BrN5O3S/c1-14-23(26(36)33(32-14)27-29-21(13-37-27)15-9-11-16(28)12-10-15)31-30-20-8-4-7-19-22(20)25(35)18-6-3-2-5-17(18)24(19)34/h2-13,32H,1H3. The Labute approximate surface area is 222 Å². The molecule has 3 aromatic carbocycles. The van der Waals surface area contributed by atoms with Crippen LogP contribution in [0.5, 0.6) is 0 Å². The van der Waals surface area contributed by atoms with Gasteiger partial charge in [-0.25, -0.2) is 4.98 Å². The summed E-state index contributed by atoms with van der Waals surface area (Å²) in [5.74, 6) is -0.543. The summed E-state index contributed by atoms with van der Waals surface area (Å²) in [6, 6.07) is 19.3. The van der Waals surface area contributed by atoms with Crippen LogP contribution >= 0.6 is 27.3 Å². The van der Waals surface area contributed by atoms with Gasteiger partial charge in [0.25, 0.3) is 0 Å². The highest BCUT2D eigenvalue weighted by molar-refractivity contribution is 9.10. The number of hydrogen-bond donors (Lipinski definition) is 1. The van der Waals surface area contributed by atoms with Crippen molar-refractivity contribution in [3.05, 3.63) is 115 Å². The maximum Gasteiger partial charge on any atom is 0.301 e. The van der Waals surface area contributed by atoms with Crippen LogP contribution in [0.2, 0.25) is 0 Å². The van der Waals surface area contributed by atoms with Gasteiger partial charge in [0.05, 0.1) is 22.6 Å². The van der Waals surface area contributed by atoms with E-state index in [1.807, 2.05) is 29.6 Å². The molecule has 0 unspecified atom stereocenters. The first-order chi connectivity index (χ1) is 17.9. The van der Waals surface area contributed by atoms with Crippen LogP contribution < -0.4 is 5.56 Å². The minimum Gasteiger partial charge on any atom is -0.291 e. The first-order valence-electron chi connectivity index (χ1n) is 11.2. The van der Waals surface area contributed by atoms with Crippen molar-refractivity contribution in [2.45, 2.75) is 6.92 Å². The van der Waals surface area contributed by atoms with Crippen LogP contribution in [0.25, 0.3) is 16.4 Å². The van der Waals surface area contributed by atoms with Crippen molar-refractivity contribution in [2.24, 2.45) is 10.2 Å². The zero-order valence-corrected chi connectivity index (χ0v) is 21.6. The molecule has 1 aliphatic rings. The van der Waals surface area contributed by atoms with Gasteiger partial charge in [-0.15, -0.1) is 21.6 Å². The monoisotopic (exact) mass is 569 g/mol. The maximum atomic E-state index is 13.2. The number of rotatable bonds is 4. The minimum atomic E-state index is -0.421. The lowest BCUT2D eigenvalue weighted by Gasteiger charge is -2.18. The predicted molar refractivity (Wildman–Crippen MR) is 144 cm³/mol. The van der Waals surface area contributed by atoms with Gasteiger partial charge < -0.3 is 0 Å². The van der Waals surface area contributed by atoms with Crippen LogP contribution in [0.4, 0.5) is 11.4 Å². The molecule has 1 N–H and O–H groups in total. The van der Waals surface area contributed by atoms with E-state index in [2.05, 4.69) is 36.2 Å². The van der Waals surface area contributed by atoms with E-state index in [0.717, 1.165) is 15.7 Å². The number of aryl methyl sites for hydroxylation is 1. The summed E-state index contributed by atoms with van der Waals surface area (Å²) in [6.07, 6.45) is 0. The Bertz CT molecular complexity index is 1810. The van der Waals surface area contributed by atoms with Gasteiger partial charge in [-0.3, -0.25) is 19.5 Å².